The molecule has 0 N–H and O–H groups in total. The first-order valence-electron chi connectivity index (χ1n) is 42.0. The minimum Gasteiger partial charge on any atom is -0.309 e. The summed E-state index contributed by atoms with van der Waals surface area (Å²) in [5, 5.41) is 9.64. The summed E-state index contributed by atoms with van der Waals surface area (Å²) >= 11 is 0. The number of aromatic nitrogens is 9. The molecule has 0 spiro atoms. The van der Waals surface area contributed by atoms with Crippen molar-refractivity contribution in [1.29, 1.82) is 0 Å². The monoisotopic (exact) mass is 1580 g/mol. The minimum absolute atomic E-state index is 0.586. The van der Waals surface area contributed by atoms with Crippen molar-refractivity contribution >= 4 is 87.2 Å². The van der Waals surface area contributed by atoms with E-state index < -0.39 is 0 Å². The molecule has 18 aromatic carbocycles. The van der Waals surface area contributed by atoms with Gasteiger partial charge in [-0.05, 0) is 170 Å². The second-order valence-corrected chi connectivity index (χ2v) is 31.5. The summed E-state index contributed by atoms with van der Waals surface area (Å²) in [6.07, 6.45) is 0. The van der Waals surface area contributed by atoms with Gasteiger partial charge in [0.2, 0.25) is 11.9 Å². The molecule has 0 radical (unpaired) electrons. The van der Waals surface area contributed by atoms with E-state index in [1.165, 1.54) is 105 Å². The Morgan fingerprint density at radius 3 is 0.629 bits per heavy atom. The first-order chi connectivity index (χ1) is 61.5. The van der Waals surface area contributed by atoms with E-state index >= 15 is 0 Å². The van der Waals surface area contributed by atoms with Gasteiger partial charge in [-0.25, -0.2) is 15.0 Å². The van der Waals surface area contributed by atoms with Gasteiger partial charge >= 0.3 is 0 Å². The van der Waals surface area contributed by atoms with E-state index in [0.29, 0.717) is 23.5 Å². The maximum atomic E-state index is 5.20. The molecule has 0 saturated carbocycles. The molecule has 124 heavy (non-hydrogen) atoms. The third kappa shape index (κ3) is 13.1. The second-order valence-electron chi connectivity index (χ2n) is 31.5. The zero-order valence-electron chi connectivity index (χ0n) is 67.3. The zero-order valence-corrected chi connectivity index (χ0v) is 67.3. The van der Waals surface area contributed by atoms with E-state index in [1.807, 2.05) is 72.8 Å². The van der Waals surface area contributed by atoms with Crippen molar-refractivity contribution in [2.75, 3.05) is 0 Å². The van der Waals surface area contributed by atoms with Gasteiger partial charge in [-0.3, -0.25) is 9.13 Å². The SMILES string of the molecule is c1ccc(-c2cc(-c3ccccc3)nc(-n3c4ccccc4c4cc(-c5ccc(-c6ccc(-c7ccc8c(c7)c7ccccc7n8-c7ccccc7)cc6)cc5)ccc43)n2)cc1.c1ccc(-c2nc(-c3ccccc3)nc(-n3c4ccccc4c4cc(-c5ccc(-c6ccc(-c7ccc8c(c7)c7ccccc7n8-c7ccccc7)cc6)cc5)ccc43)n2)cc1. The molecule has 0 atom stereocenters. The van der Waals surface area contributed by atoms with Crippen molar-refractivity contribution in [2.24, 2.45) is 0 Å². The van der Waals surface area contributed by atoms with Crippen LogP contribution in [0, 0.1) is 0 Å². The fourth-order valence-electron chi connectivity index (χ4n) is 18.1. The predicted octanol–water partition coefficient (Wildman–Crippen LogP) is 29.4. The summed E-state index contributed by atoms with van der Waals surface area (Å²) in [5.41, 5.74) is 31.3. The van der Waals surface area contributed by atoms with Crippen molar-refractivity contribution in [3.63, 3.8) is 0 Å². The Kier molecular flexibility index (Phi) is 18.0. The number of hydrogen-bond acceptors (Lipinski definition) is 5. The Balaban J connectivity index is 0.000000143. The largest absolute Gasteiger partial charge is 0.309 e. The minimum atomic E-state index is 0.586. The molecule has 0 aliphatic rings. The Morgan fingerprint density at radius 1 is 0.129 bits per heavy atom. The molecule has 0 aliphatic carbocycles. The number of para-hydroxylation sites is 6. The third-order valence-corrected chi connectivity index (χ3v) is 24.2. The molecular weight excluding hydrogens is 1510 g/mol. The van der Waals surface area contributed by atoms with Gasteiger partial charge in [-0.1, -0.05) is 352 Å². The maximum Gasteiger partial charge on any atom is 0.238 e. The first-order valence-corrected chi connectivity index (χ1v) is 42.0. The van der Waals surface area contributed by atoms with Crippen LogP contribution in [0.2, 0.25) is 0 Å². The molecule has 9 heteroatoms. The standard InChI is InChI=1S/C58H38N4.C57H37N5/c1-4-14-43(15-5-1)52-38-53(44-16-6-2-7-17-44)60-58(59-52)62-55-23-13-11-21-49(55)51-37-46(33-35-57(51)62)42-30-26-40(27-31-42)39-24-28-41(29-25-39)45-32-34-56-50(36-45)48-20-10-12-22-54(48)61(56)47-18-8-3-9-19-47;1-4-14-42(15-5-1)55-58-56(43-16-6-2-7-17-43)60-57(59-55)62-52-23-13-11-21-48(52)50-37-45(33-35-54(50)62)41-30-26-39(27-31-41)38-24-28-40(29-25-38)44-32-34-53-49(36-44)47-20-10-12-22-51(47)61(53)46-18-8-3-9-19-46/h1-38H;1-37H. The molecular formula is C115H75N9. The summed E-state index contributed by atoms with van der Waals surface area (Å²) in [4.78, 5) is 25.5. The van der Waals surface area contributed by atoms with Crippen molar-refractivity contribution in [3.05, 3.63) is 455 Å². The van der Waals surface area contributed by atoms with E-state index in [0.717, 1.165) is 93.9 Å². The van der Waals surface area contributed by atoms with Crippen LogP contribution in [0.4, 0.5) is 0 Å². The maximum absolute atomic E-state index is 5.20. The molecule has 9 nitrogen and oxygen atoms in total. The summed E-state index contributed by atoms with van der Waals surface area (Å²) < 4.78 is 9.10. The summed E-state index contributed by atoms with van der Waals surface area (Å²) in [7, 11) is 0. The van der Waals surface area contributed by atoms with Crippen molar-refractivity contribution < 1.29 is 0 Å². The van der Waals surface area contributed by atoms with Crippen LogP contribution in [0.25, 0.3) is 223 Å². The highest BCUT2D eigenvalue weighted by atomic mass is 15.2. The van der Waals surface area contributed by atoms with E-state index in [1.54, 1.807) is 0 Å². The van der Waals surface area contributed by atoms with Crippen LogP contribution in [-0.4, -0.2) is 43.2 Å². The van der Waals surface area contributed by atoms with Gasteiger partial charge in [-0.2, -0.15) is 9.97 Å². The van der Waals surface area contributed by atoms with E-state index in [4.69, 9.17) is 24.9 Å². The summed E-state index contributed by atoms with van der Waals surface area (Å²) in [6.45, 7) is 0. The molecule has 580 valence electrons. The van der Waals surface area contributed by atoms with E-state index in [9.17, 15) is 0 Å². The number of nitrogens with zero attached hydrogens (tertiary/aromatic N) is 9. The molecule has 0 unspecified atom stereocenters. The molecule has 0 saturated heterocycles. The predicted molar refractivity (Wildman–Crippen MR) is 514 cm³/mol. The molecule has 6 heterocycles. The summed E-state index contributed by atoms with van der Waals surface area (Å²) in [6, 6.07) is 162. The lowest BCUT2D eigenvalue weighted by atomic mass is 9.97. The molecule has 0 bridgehead atoms. The lowest BCUT2D eigenvalue weighted by molar-refractivity contribution is 0.953. The Hall–Kier alpha value is -16.8. The van der Waals surface area contributed by atoms with Crippen LogP contribution in [0.3, 0.4) is 0 Å². The Labute approximate surface area is 716 Å². The molecule has 0 aliphatic heterocycles. The van der Waals surface area contributed by atoms with Crippen LogP contribution in [0.1, 0.15) is 0 Å². The zero-order chi connectivity index (χ0) is 82.0. The van der Waals surface area contributed by atoms with Crippen LogP contribution < -0.4 is 0 Å². The van der Waals surface area contributed by atoms with Gasteiger partial charge < -0.3 is 9.13 Å². The second kappa shape index (κ2) is 30.9. The number of hydrogen-bond donors (Lipinski definition) is 0. The van der Waals surface area contributed by atoms with Gasteiger partial charge in [0.25, 0.3) is 0 Å². The van der Waals surface area contributed by atoms with Gasteiger partial charge in [-0.15, -0.1) is 0 Å². The Bertz CT molecular complexity index is 7550. The van der Waals surface area contributed by atoms with Crippen LogP contribution in [0.15, 0.2) is 455 Å². The van der Waals surface area contributed by atoms with Gasteiger partial charge in [0.05, 0.1) is 55.5 Å². The molecule has 24 aromatic rings. The first kappa shape index (κ1) is 72.5. The highest BCUT2D eigenvalue weighted by Crippen LogP contribution is 2.43. The van der Waals surface area contributed by atoms with E-state index in [-0.39, 0.29) is 0 Å². The van der Waals surface area contributed by atoms with Crippen LogP contribution in [-0.2, 0) is 0 Å². The molecule has 24 rings (SSSR count). The normalized spacial score (nSPS) is 11.5. The number of rotatable bonds is 14. The van der Waals surface area contributed by atoms with Crippen molar-refractivity contribution in [1.82, 2.24) is 43.2 Å². The van der Waals surface area contributed by atoms with Crippen LogP contribution >= 0.6 is 0 Å². The van der Waals surface area contributed by atoms with Crippen molar-refractivity contribution in [3.8, 4) is 135 Å². The van der Waals surface area contributed by atoms with E-state index in [2.05, 4.69) is 400 Å². The van der Waals surface area contributed by atoms with Gasteiger partial charge in [0.1, 0.15) is 0 Å². The van der Waals surface area contributed by atoms with Crippen molar-refractivity contribution in [2.45, 2.75) is 0 Å². The number of benzene rings is 18. The number of fused-ring (bicyclic) bond motifs is 12. The topological polar surface area (TPSA) is 84.2 Å². The average molecular weight is 1580 g/mol. The van der Waals surface area contributed by atoms with Gasteiger partial charge in [0, 0.05) is 76.7 Å². The van der Waals surface area contributed by atoms with Gasteiger partial charge in [0.15, 0.2) is 11.6 Å². The highest BCUT2D eigenvalue weighted by molar-refractivity contribution is 6.14. The molecule has 0 fully saturated rings. The third-order valence-electron chi connectivity index (χ3n) is 24.2. The van der Waals surface area contributed by atoms with Crippen LogP contribution in [0.5, 0.6) is 0 Å². The lowest BCUT2D eigenvalue weighted by Crippen LogP contribution is -2.06. The quantitative estimate of drug-likeness (QED) is 0.108. The lowest BCUT2D eigenvalue weighted by Gasteiger charge is -2.12. The molecule has 0 amide bonds. The fourth-order valence-corrected chi connectivity index (χ4v) is 18.1. The highest BCUT2D eigenvalue weighted by Gasteiger charge is 2.23. The smallest absolute Gasteiger partial charge is 0.238 e. The molecule has 6 aromatic heterocycles. The summed E-state index contributed by atoms with van der Waals surface area (Å²) in [5.74, 6) is 2.51. The average Bonchev–Trinajstić information content (AvgIpc) is 1.60. The Morgan fingerprint density at radius 2 is 0.339 bits per heavy atom. The fraction of sp³-hybridized carbons (Fsp3) is 0.